The van der Waals surface area contributed by atoms with Crippen molar-refractivity contribution < 1.29 is 23.9 Å². The number of nitrogens with one attached hydrogen (secondary N) is 3. The fourth-order valence-electron chi connectivity index (χ4n) is 3.81. The lowest BCUT2D eigenvalue weighted by atomic mass is 10.0. The molecule has 2 aromatic rings. The van der Waals surface area contributed by atoms with Gasteiger partial charge in [0.2, 0.25) is 11.8 Å². The van der Waals surface area contributed by atoms with Crippen LogP contribution in [0.3, 0.4) is 0 Å². The molecule has 0 radical (unpaired) electrons. The van der Waals surface area contributed by atoms with Gasteiger partial charge < -0.3 is 31.2 Å². The Kier molecular flexibility index (Phi) is 12.5. The van der Waals surface area contributed by atoms with Crippen molar-refractivity contribution in [3.63, 3.8) is 0 Å². The normalized spacial score (nSPS) is 13.5. The Morgan fingerprint density at radius 2 is 1.32 bits per heavy atom. The maximum atomic E-state index is 13.5. The highest BCUT2D eigenvalue weighted by molar-refractivity contribution is 5.92. The van der Waals surface area contributed by atoms with Gasteiger partial charge in [0.05, 0.1) is 6.04 Å². The van der Waals surface area contributed by atoms with Crippen LogP contribution >= 0.6 is 0 Å². The third kappa shape index (κ3) is 11.6. The third-order valence-corrected chi connectivity index (χ3v) is 5.67. The lowest BCUT2D eigenvalue weighted by Crippen LogP contribution is -2.56. The van der Waals surface area contributed by atoms with Gasteiger partial charge in [-0.1, -0.05) is 60.7 Å². The first-order chi connectivity index (χ1) is 18.1. The molecule has 0 aliphatic carbocycles. The number of aldehydes is 1. The number of hydrogen-bond acceptors (Lipinski definition) is 6. The van der Waals surface area contributed by atoms with Crippen LogP contribution in [0.4, 0.5) is 4.79 Å². The van der Waals surface area contributed by atoms with Gasteiger partial charge in [-0.2, -0.15) is 0 Å². The van der Waals surface area contributed by atoms with Crippen LogP contribution < -0.4 is 21.7 Å². The van der Waals surface area contributed by atoms with Crippen molar-refractivity contribution in [2.45, 2.75) is 76.6 Å². The fourth-order valence-corrected chi connectivity index (χ4v) is 3.81. The zero-order chi connectivity index (χ0) is 28.0. The van der Waals surface area contributed by atoms with Gasteiger partial charge in [-0.15, -0.1) is 0 Å². The number of ether oxygens (including phenoxy) is 1. The average molecular weight is 525 g/mol. The molecule has 206 valence electrons. The molecule has 0 bridgehead atoms. The lowest BCUT2D eigenvalue weighted by molar-refractivity contribution is -0.131. The first kappa shape index (κ1) is 30.5. The van der Waals surface area contributed by atoms with Crippen molar-refractivity contribution in [3.8, 4) is 0 Å². The summed E-state index contributed by atoms with van der Waals surface area (Å²) in [6, 6.07) is 15.8. The van der Waals surface area contributed by atoms with Crippen molar-refractivity contribution in [1.29, 1.82) is 0 Å². The van der Waals surface area contributed by atoms with E-state index in [9.17, 15) is 19.2 Å². The average Bonchev–Trinajstić information content (AvgIpc) is 2.87. The molecule has 0 heterocycles. The van der Waals surface area contributed by atoms with E-state index in [4.69, 9.17) is 10.5 Å². The zero-order valence-electron chi connectivity index (χ0n) is 22.4. The van der Waals surface area contributed by atoms with Crippen LogP contribution in [0, 0.1) is 0 Å². The molecule has 0 aliphatic heterocycles. The second-order valence-electron chi connectivity index (χ2n) is 10.2. The number of alkyl carbamates (subject to hydrolysis) is 1. The summed E-state index contributed by atoms with van der Waals surface area (Å²) >= 11 is 0. The fraction of sp³-hybridized carbons (Fsp3) is 0.448. The van der Waals surface area contributed by atoms with Gasteiger partial charge in [-0.25, -0.2) is 4.79 Å². The van der Waals surface area contributed by atoms with Crippen molar-refractivity contribution in [2.24, 2.45) is 5.73 Å². The summed E-state index contributed by atoms with van der Waals surface area (Å²) in [4.78, 5) is 50.9. The van der Waals surface area contributed by atoms with Gasteiger partial charge in [0.15, 0.2) is 0 Å². The van der Waals surface area contributed by atoms with Gasteiger partial charge in [0, 0.05) is 12.8 Å². The van der Waals surface area contributed by atoms with E-state index in [0.717, 1.165) is 17.5 Å². The highest BCUT2D eigenvalue weighted by Crippen LogP contribution is 2.10. The van der Waals surface area contributed by atoms with E-state index < -0.39 is 41.6 Å². The summed E-state index contributed by atoms with van der Waals surface area (Å²) in [5.74, 6) is -1.02. The SMILES string of the molecule is CC(C)(C)OC(=O)NC(Cc1ccccc1)C(=O)NC(Cc1ccccc1)C(=O)NC(C=O)CCCCN. The molecule has 3 atom stereocenters. The number of benzene rings is 2. The molecule has 5 N–H and O–H groups in total. The number of amides is 3. The molecule has 0 spiro atoms. The Morgan fingerprint density at radius 1 is 0.816 bits per heavy atom. The topological polar surface area (TPSA) is 140 Å². The van der Waals surface area contributed by atoms with Crippen LogP contribution in [0.25, 0.3) is 0 Å². The molecule has 38 heavy (non-hydrogen) atoms. The molecule has 9 heteroatoms. The highest BCUT2D eigenvalue weighted by atomic mass is 16.6. The molecule has 9 nitrogen and oxygen atoms in total. The number of carbonyl (C=O) groups is 4. The van der Waals surface area contributed by atoms with Crippen LogP contribution in [0.1, 0.15) is 51.2 Å². The molecule has 0 saturated heterocycles. The molecule has 2 aromatic carbocycles. The highest BCUT2D eigenvalue weighted by Gasteiger charge is 2.29. The maximum Gasteiger partial charge on any atom is 0.408 e. The number of unbranched alkanes of at least 4 members (excludes halogenated alkanes) is 1. The van der Waals surface area contributed by atoms with E-state index in [0.29, 0.717) is 25.7 Å². The van der Waals surface area contributed by atoms with Crippen molar-refractivity contribution in [1.82, 2.24) is 16.0 Å². The summed E-state index contributed by atoms with van der Waals surface area (Å²) in [6.07, 6.45) is 2.24. The molecule has 0 aromatic heterocycles. The summed E-state index contributed by atoms with van der Waals surface area (Å²) < 4.78 is 5.36. The number of nitrogens with two attached hydrogens (primary N) is 1. The first-order valence-corrected chi connectivity index (χ1v) is 12.9. The van der Waals surface area contributed by atoms with Crippen LogP contribution in [0.15, 0.2) is 60.7 Å². The Balaban J connectivity index is 2.23. The monoisotopic (exact) mass is 524 g/mol. The Labute approximate surface area is 224 Å². The summed E-state index contributed by atoms with van der Waals surface area (Å²) in [5, 5.41) is 8.17. The molecular formula is C29H40N4O5. The van der Waals surface area contributed by atoms with Crippen molar-refractivity contribution in [3.05, 3.63) is 71.8 Å². The zero-order valence-corrected chi connectivity index (χ0v) is 22.4. The van der Waals surface area contributed by atoms with Crippen molar-refractivity contribution >= 4 is 24.2 Å². The van der Waals surface area contributed by atoms with Crippen LogP contribution in [-0.4, -0.2) is 54.5 Å². The van der Waals surface area contributed by atoms with Crippen LogP contribution in [-0.2, 0) is 32.0 Å². The van der Waals surface area contributed by atoms with Crippen LogP contribution in [0.2, 0.25) is 0 Å². The number of rotatable bonds is 14. The van der Waals surface area contributed by atoms with E-state index >= 15 is 0 Å². The Bertz CT molecular complexity index is 1020. The van der Waals surface area contributed by atoms with Gasteiger partial charge in [0.25, 0.3) is 0 Å². The van der Waals surface area contributed by atoms with E-state index in [1.165, 1.54) is 0 Å². The summed E-state index contributed by atoms with van der Waals surface area (Å²) in [6.45, 7) is 5.70. The Morgan fingerprint density at radius 3 is 1.79 bits per heavy atom. The smallest absolute Gasteiger partial charge is 0.408 e. The van der Waals surface area contributed by atoms with E-state index in [-0.39, 0.29) is 12.8 Å². The van der Waals surface area contributed by atoms with E-state index in [1.807, 2.05) is 60.7 Å². The minimum Gasteiger partial charge on any atom is -0.444 e. The van der Waals surface area contributed by atoms with Crippen LogP contribution in [0.5, 0.6) is 0 Å². The van der Waals surface area contributed by atoms with Crippen molar-refractivity contribution in [2.75, 3.05) is 6.54 Å². The lowest BCUT2D eigenvalue weighted by Gasteiger charge is -2.26. The quantitative estimate of drug-likeness (QED) is 0.221. The van der Waals surface area contributed by atoms with E-state index in [2.05, 4.69) is 16.0 Å². The molecule has 2 rings (SSSR count). The summed E-state index contributed by atoms with van der Waals surface area (Å²) in [7, 11) is 0. The van der Waals surface area contributed by atoms with Gasteiger partial charge in [-0.05, 0) is 57.7 Å². The molecule has 0 saturated carbocycles. The largest absolute Gasteiger partial charge is 0.444 e. The molecule has 3 amide bonds. The standard InChI is InChI=1S/C29H40N4O5/c1-29(2,3)38-28(37)33-25(19-22-14-8-5-9-15-22)27(36)32-24(18-21-12-6-4-7-13-21)26(35)31-23(20-34)16-10-11-17-30/h4-9,12-15,20,23-25H,10-11,16-19,30H2,1-3H3,(H,31,35)(H,32,36)(H,33,37). The molecule has 3 unspecified atom stereocenters. The van der Waals surface area contributed by atoms with Gasteiger partial charge in [0.1, 0.15) is 24.0 Å². The molecule has 0 fully saturated rings. The minimum atomic E-state index is -0.996. The molecular weight excluding hydrogens is 484 g/mol. The van der Waals surface area contributed by atoms with Gasteiger partial charge in [-0.3, -0.25) is 9.59 Å². The predicted molar refractivity (Wildman–Crippen MR) is 146 cm³/mol. The second kappa shape index (κ2) is 15.5. The molecule has 0 aliphatic rings. The number of carbonyl (C=O) groups excluding carboxylic acids is 4. The third-order valence-electron chi connectivity index (χ3n) is 5.67. The Hall–Kier alpha value is -3.72. The van der Waals surface area contributed by atoms with E-state index in [1.54, 1.807) is 20.8 Å². The minimum absolute atomic E-state index is 0.196. The number of hydrogen-bond donors (Lipinski definition) is 4. The second-order valence-corrected chi connectivity index (χ2v) is 10.2. The maximum absolute atomic E-state index is 13.5. The predicted octanol–water partition coefficient (Wildman–Crippen LogP) is 2.66. The van der Waals surface area contributed by atoms with Gasteiger partial charge >= 0.3 is 6.09 Å². The summed E-state index contributed by atoms with van der Waals surface area (Å²) in [5.41, 5.74) is 6.45. The first-order valence-electron chi connectivity index (χ1n) is 12.9.